The van der Waals surface area contributed by atoms with Gasteiger partial charge in [0, 0.05) is 10.7 Å². The third kappa shape index (κ3) is 4.38. The molecule has 0 aliphatic heterocycles. The van der Waals surface area contributed by atoms with Gasteiger partial charge in [0.2, 0.25) is 0 Å². The molecule has 1 amide bonds. The molecule has 0 fully saturated rings. The normalized spacial score (nSPS) is 11.4. The van der Waals surface area contributed by atoms with E-state index in [2.05, 4.69) is 5.32 Å². The number of benzene rings is 2. The molecule has 0 radical (unpaired) electrons. The molecule has 1 N–H and O–H groups in total. The fourth-order valence-electron chi connectivity index (χ4n) is 1.87. The summed E-state index contributed by atoms with van der Waals surface area (Å²) >= 11 is 12.0. The van der Waals surface area contributed by atoms with Crippen molar-refractivity contribution in [1.29, 1.82) is 5.26 Å². The lowest BCUT2D eigenvalue weighted by Crippen LogP contribution is -2.30. The molecule has 0 unspecified atom stereocenters. The standard InChI is InChI=1S/C17H14Cl2N2O2/c1-10-3-5-13(18)8-15(10)21-17(22)11(2)23-16-6-4-12(9-20)7-14(16)19/h3-8,11H,1-2H3,(H,21,22)/t11-/m0/s1. The molecule has 0 aliphatic carbocycles. The number of carbonyl (C=O) groups is 1. The predicted molar refractivity (Wildman–Crippen MR) is 91.1 cm³/mol. The van der Waals surface area contributed by atoms with Crippen molar-refractivity contribution >= 4 is 34.8 Å². The van der Waals surface area contributed by atoms with Gasteiger partial charge in [-0.25, -0.2) is 0 Å². The molecule has 23 heavy (non-hydrogen) atoms. The van der Waals surface area contributed by atoms with Gasteiger partial charge in [0.05, 0.1) is 16.7 Å². The van der Waals surface area contributed by atoms with Gasteiger partial charge in [0.15, 0.2) is 6.10 Å². The Balaban J connectivity index is 2.08. The Hall–Kier alpha value is -2.22. The van der Waals surface area contributed by atoms with Gasteiger partial charge in [-0.15, -0.1) is 0 Å². The molecule has 4 nitrogen and oxygen atoms in total. The lowest BCUT2D eigenvalue weighted by molar-refractivity contribution is -0.122. The van der Waals surface area contributed by atoms with Crippen molar-refractivity contribution in [2.24, 2.45) is 0 Å². The Morgan fingerprint density at radius 2 is 2.00 bits per heavy atom. The zero-order valence-corrected chi connectivity index (χ0v) is 14.1. The average molecular weight is 349 g/mol. The second-order valence-corrected chi connectivity index (χ2v) is 5.81. The summed E-state index contributed by atoms with van der Waals surface area (Å²) in [4.78, 5) is 12.2. The number of hydrogen-bond acceptors (Lipinski definition) is 3. The van der Waals surface area contributed by atoms with E-state index in [-0.39, 0.29) is 10.9 Å². The van der Waals surface area contributed by atoms with Crippen LogP contribution in [0.5, 0.6) is 5.75 Å². The number of halogens is 2. The summed E-state index contributed by atoms with van der Waals surface area (Å²) < 4.78 is 5.56. The van der Waals surface area contributed by atoms with E-state index in [1.54, 1.807) is 31.2 Å². The number of nitrogens with zero attached hydrogens (tertiary/aromatic N) is 1. The van der Waals surface area contributed by atoms with Gasteiger partial charge in [0.25, 0.3) is 5.91 Å². The summed E-state index contributed by atoms with van der Waals surface area (Å²) in [5, 5.41) is 12.4. The molecule has 6 heteroatoms. The Morgan fingerprint density at radius 3 is 2.65 bits per heavy atom. The monoisotopic (exact) mass is 348 g/mol. The smallest absolute Gasteiger partial charge is 0.265 e. The number of amides is 1. The minimum absolute atomic E-state index is 0.280. The quantitative estimate of drug-likeness (QED) is 0.879. The number of aryl methyl sites for hydroxylation is 1. The molecule has 0 saturated heterocycles. The fraction of sp³-hybridized carbons (Fsp3) is 0.176. The van der Waals surface area contributed by atoms with Crippen molar-refractivity contribution in [3.05, 3.63) is 57.6 Å². The van der Waals surface area contributed by atoms with Crippen LogP contribution < -0.4 is 10.1 Å². The fourth-order valence-corrected chi connectivity index (χ4v) is 2.27. The van der Waals surface area contributed by atoms with Crippen LogP contribution in [0.2, 0.25) is 10.0 Å². The summed E-state index contributed by atoms with van der Waals surface area (Å²) in [6, 6.07) is 11.9. The minimum Gasteiger partial charge on any atom is -0.479 e. The van der Waals surface area contributed by atoms with Crippen LogP contribution in [0, 0.1) is 18.3 Å². The maximum absolute atomic E-state index is 12.2. The van der Waals surface area contributed by atoms with Crippen LogP contribution in [0.3, 0.4) is 0 Å². The molecule has 118 valence electrons. The number of nitrogens with one attached hydrogen (secondary N) is 1. The summed E-state index contributed by atoms with van der Waals surface area (Å²) in [5.41, 5.74) is 1.95. The molecule has 2 aromatic rings. The average Bonchev–Trinajstić information content (AvgIpc) is 2.52. The molecular formula is C17H14Cl2N2O2. The van der Waals surface area contributed by atoms with Gasteiger partial charge >= 0.3 is 0 Å². The first-order chi connectivity index (χ1) is 10.9. The first kappa shape index (κ1) is 17.1. The first-order valence-corrected chi connectivity index (χ1v) is 7.59. The zero-order valence-electron chi connectivity index (χ0n) is 12.6. The lowest BCUT2D eigenvalue weighted by Gasteiger charge is -2.16. The summed E-state index contributed by atoms with van der Waals surface area (Å²) in [5.74, 6) is 0.0203. The number of ether oxygens (including phenoxy) is 1. The van der Waals surface area contributed by atoms with E-state index < -0.39 is 6.10 Å². The number of carbonyl (C=O) groups excluding carboxylic acids is 1. The highest BCUT2D eigenvalue weighted by atomic mass is 35.5. The van der Waals surface area contributed by atoms with Gasteiger partial charge in [-0.05, 0) is 49.7 Å². The SMILES string of the molecule is Cc1ccc(Cl)cc1NC(=O)[C@H](C)Oc1ccc(C#N)cc1Cl. The van der Waals surface area contributed by atoms with Crippen LogP contribution in [-0.4, -0.2) is 12.0 Å². The van der Waals surface area contributed by atoms with Gasteiger partial charge in [-0.3, -0.25) is 4.79 Å². The van der Waals surface area contributed by atoms with Crippen molar-refractivity contribution in [2.75, 3.05) is 5.32 Å². The highest BCUT2D eigenvalue weighted by molar-refractivity contribution is 6.32. The van der Waals surface area contributed by atoms with Crippen LogP contribution in [0.1, 0.15) is 18.1 Å². The molecule has 2 aromatic carbocycles. The van der Waals surface area contributed by atoms with Crippen molar-refractivity contribution in [3.8, 4) is 11.8 Å². The van der Waals surface area contributed by atoms with Crippen LogP contribution in [0.15, 0.2) is 36.4 Å². The number of hydrogen-bond donors (Lipinski definition) is 1. The first-order valence-electron chi connectivity index (χ1n) is 6.84. The maximum atomic E-state index is 12.2. The molecule has 0 saturated carbocycles. The van der Waals surface area contributed by atoms with Crippen LogP contribution in [0.4, 0.5) is 5.69 Å². The molecular weight excluding hydrogens is 335 g/mol. The van der Waals surface area contributed by atoms with Crippen LogP contribution in [0.25, 0.3) is 0 Å². The topological polar surface area (TPSA) is 62.1 Å². The zero-order chi connectivity index (χ0) is 17.0. The van der Waals surface area contributed by atoms with E-state index in [1.165, 1.54) is 6.07 Å². The highest BCUT2D eigenvalue weighted by Gasteiger charge is 2.17. The molecule has 1 atom stereocenters. The molecule has 0 heterocycles. The minimum atomic E-state index is -0.765. The highest BCUT2D eigenvalue weighted by Crippen LogP contribution is 2.27. The van der Waals surface area contributed by atoms with E-state index in [1.807, 2.05) is 19.1 Å². The Labute approximate surface area is 144 Å². The van der Waals surface area contributed by atoms with E-state index in [9.17, 15) is 4.79 Å². The van der Waals surface area contributed by atoms with Gasteiger partial charge in [-0.1, -0.05) is 29.3 Å². The lowest BCUT2D eigenvalue weighted by atomic mass is 10.2. The molecule has 0 aliphatic rings. The van der Waals surface area contributed by atoms with Gasteiger partial charge in [-0.2, -0.15) is 5.26 Å². The van der Waals surface area contributed by atoms with E-state index in [0.717, 1.165) is 5.56 Å². The van der Waals surface area contributed by atoms with Crippen LogP contribution >= 0.6 is 23.2 Å². The summed E-state index contributed by atoms with van der Waals surface area (Å²) in [7, 11) is 0. The molecule has 2 rings (SSSR count). The van der Waals surface area contributed by atoms with Gasteiger partial charge < -0.3 is 10.1 Å². The second-order valence-electron chi connectivity index (χ2n) is 4.97. The molecule has 0 aromatic heterocycles. The van der Waals surface area contributed by atoms with Gasteiger partial charge in [0.1, 0.15) is 5.75 Å². The maximum Gasteiger partial charge on any atom is 0.265 e. The summed E-state index contributed by atoms with van der Waals surface area (Å²) in [6.07, 6.45) is -0.765. The Kier molecular flexibility index (Phi) is 5.49. The third-order valence-electron chi connectivity index (χ3n) is 3.19. The predicted octanol–water partition coefficient (Wildman–Crippen LogP) is 4.58. The number of rotatable bonds is 4. The number of nitriles is 1. The van der Waals surface area contributed by atoms with E-state index in [0.29, 0.717) is 22.0 Å². The Bertz CT molecular complexity index is 785. The third-order valence-corrected chi connectivity index (χ3v) is 3.72. The van der Waals surface area contributed by atoms with E-state index >= 15 is 0 Å². The number of anilines is 1. The summed E-state index contributed by atoms with van der Waals surface area (Å²) in [6.45, 7) is 3.48. The van der Waals surface area contributed by atoms with Crippen LogP contribution in [-0.2, 0) is 4.79 Å². The van der Waals surface area contributed by atoms with E-state index in [4.69, 9.17) is 33.2 Å². The van der Waals surface area contributed by atoms with Crippen molar-refractivity contribution < 1.29 is 9.53 Å². The largest absolute Gasteiger partial charge is 0.479 e. The molecule has 0 bridgehead atoms. The van der Waals surface area contributed by atoms with Crippen molar-refractivity contribution in [1.82, 2.24) is 0 Å². The second kappa shape index (κ2) is 7.36. The van der Waals surface area contributed by atoms with Crippen molar-refractivity contribution in [3.63, 3.8) is 0 Å². The van der Waals surface area contributed by atoms with Crippen molar-refractivity contribution in [2.45, 2.75) is 20.0 Å². The Morgan fingerprint density at radius 1 is 1.26 bits per heavy atom. The molecule has 0 spiro atoms.